The number of alkyl halides is 6. The van der Waals surface area contributed by atoms with E-state index in [1.165, 1.54) is 54.5 Å². The summed E-state index contributed by atoms with van der Waals surface area (Å²) >= 11 is 6.46. The Bertz CT molecular complexity index is 1790. The van der Waals surface area contributed by atoms with Gasteiger partial charge in [0.1, 0.15) is 16.7 Å². The molecule has 2 saturated heterocycles. The number of rotatable bonds is 13. The molecule has 2 heterocycles. The van der Waals surface area contributed by atoms with E-state index >= 15 is 0 Å². The van der Waals surface area contributed by atoms with E-state index in [-0.39, 0.29) is 63.1 Å². The Labute approximate surface area is 299 Å². The maximum absolute atomic E-state index is 13.6. The van der Waals surface area contributed by atoms with Gasteiger partial charge in [-0.1, -0.05) is 30.0 Å². The molecule has 16 heteroatoms. The van der Waals surface area contributed by atoms with E-state index < -0.39 is 35.4 Å². The first-order valence-corrected chi connectivity index (χ1v) is 16.9. The number of carbonyl (C=O) groups is 2. The van der Waals surface area contributed by atoms with Gasteiger partial charge in [0.25, 0.3) is 5.91 Å². The number of ether oxygens (including phenoxy) is 3. The zero-order valence-electron chi connectivity index (χ0n) is 27.1. The maximum atomic E-state index is 13.6. The van der Waals surface area contributed by atoms with Crippen molar-refractivity contribution in [1.82, 2.24) is 9.80 Å². The van der Waals surface area contributed by atoms with Crippen LogP contribution in [0.15, 0.2) is 59.5 Å². The van der Waals surface area contributed by atoms with Gasteiger partial charge in [0, 0.05) is 18.7 Å². The van der Waals surface area contributed by atoms with Crippen LogP contribution in [0.4, 0.5) is 26.3 Å². The Morgan fingerprint density at radius 2 is 1.51 bits per heavy atom. The molecule has 0 radical (unpaired) electrons. The van der Waals surface area contributed by atoms with Gasteiger partial charge in [-0.05, 0) is 98.1 Å². The molecule has 1 amide bonds. The Hall–Kier alpha value is -4.28. The highest BCUT2D eigenvalue weighted by Crippen LogP contribution is 2.41. The minimum absolute atomic E-state index is 0.0233. The molecule has 3 aromatic rings. The molecule has 0 aliphatic carbocycles. The molecule has 5 rings (SSSR count). The Balaban J connectivity index is 1.37. The van der Waals surface area contributed by atoms with Gasteiger partial charge in [0.05, 0.1) is 35.3 Å². The summed E-state index contributed by atoms with van der Waals surface area (Å²) in [6.45, 7) is 3.03. The number of amides is 1. The van der Waals surface area contributed by atoms with E-state index in [2.05, 4.69) is 4.90 Å². The molecule has 0 aromatic heterocycles. The highest BCUT2D eigenvalue weighted by molar-refractivity contribution is 8.26. The summed E-state index contributed by atoms with van der Waals surface area (Å²) in [7, 11) is 1.37. The quantitative estimate of drug-likeness (QED) is 0.0803. The SMILES string of the molecule is COc1cc(C(=O)O)ccc1OCCCN1C(=O)C(=Cc2cc(-c3cc(C(F)(F)F)cc(C(F)(F)F)c3)ccc2OCCN2CCCC2)SC1=S. The highest BCUT2D eigenvalue weighted by atomic mass is 32.2. The van der Waals surface area contributed by atoms with Crippen LogP contribution in [0.3, 0.4) is 0 Å². The predicted octanol–water partition coefficient (Wildman–Crippen LogP) is 8.24. The number of thiocarbonyl (C=S) groups is 1. The van der Waals surface area contributed by atoms with Gasteiger partial charge in [-0.3, -0.25) is 14.6 Å². The smallest absolute Gasteiger partial charge is 0.416 e. The first kappa shape index (κ1) is 38.0. The van der Waals surface area contributed by atoms with Crippen molar-refractivity contribution in [3.05, 3.63) is 81.8 Å². The summed E-state index contributed by atoms with van der Waals surface area (Å²) in [5.41, 5.74) is -2.84. The number of hydrogen-bond acceptors (Lipinski definition) is 8. The molecule has 0 atom stereocenters. The second-order valence-electron chi connectivity index (χ2n) is 11.7. The number of carboxylic acid groups (broad SMARTS) is 1. The standard InChI is InChI=1S/C35H32F6N2O6S2/c1-47-29-18-22(32(45)46)6-8-28(29)48-13-4-11-43-31(44)30(51-33(43)50)19-24-15-21(5-7-27(24)49-14-12-42-9-2-3-10-42)23-16-25(34(36,37)38)20-26(17-23)35(39,40)41/h5-8,15-20H,2-4,9-14H2,1H3,(H,45,46). The van der Waals surface area contributed by atoms with Crippen LogP contribution >= 0.6 is 24.0 Å². The van der Waals surface area contributed by atoms with Crippen molar-refractivity contribution in [3.63, 3.8) is 0 Å². The van der Waals surface area contributed by atoms with E-state index in [1.807, 2.05) is 0 Å². The van der Waals surface area contributed by atoms with Crippen LogP contribution in [-0.4, -0.2) is 77.6 Å². The zero-order chi connectivity index (χ0) is 36.9. The summed E-state index contributed by atoms with van der Waals surface area (Å²) < 4.78 is 99.0. The Kier molecular flexibility index (Phi) is 11.9. The van der Waals surface area contributed by atoms with Gasteiger partial charge in [-0.2, -0.15) is 26.3 Å². The molecule has 0 saturated carbocycles. The van der Waals surface area contributed by atoms with E-state index in [9.17, 15) is 41.0 Å². The van der Waals surface area contributed by atoms with Gasteiger partial charge in [-0.25, -0.2) is 4.79 Å². The summed E-state index contributed by atoms with van der Waals surface area (Å²) in [6.07, 6.45) is -6.10. The third kappa shape index (κ3) is 9.54. The fourth-order valence-corrected chi connectivity index (χ4v) is 6.84. The Morgan fingerprint density at radius 3 is 2.14 bits per heavy atom. The van der Waals surface area contributed by atoms with Crippen LogP contribution in [-0.2, 0) is 17.1 Å². The number of nitrogens with zero attached hydrogens (tertiary/aromatic N) is 2. The number of halogens is 6. The minimum atomic E-state index is -5.02. The third-order valence-electron chi connectivity index (χ3n) is 8.15. The van der Waals surface area contributed by atoms with Crippen LogP contribution in [0.2, 0.25) is 0 Å². The zero-order valence-corrected chi connectivity index (χ0v) is 28.7. The average molecular weight is 755 g/mol. The molecule has 2 aliphatic heterocycles. The summed E-state index contributed by atoms with van der Waals surface area (Å²) in [5.74, 6) is -0.735. The van der Waals surface area contributed by atoms with Gasteiger partial charge in [-0.15, -0.1) is 0 Å². The molecule has 51 heavy (non-hydrogen) atoms. The first-order chi connectivity index (χ1) is 24.1. The van der Waals surface area contributed by atoms with E-state index in [1.54, 1.807) is 0 Å². The van der Waals surface area contributed by atoms with Crippen molar-refractivity contribution in [2.75, 3.05) is 46.5 Å². The number of thioether (sulfide) groups is 1. The molecule has 3 aromatic carbocycles. The number of carboxylic acids is 1. The van der Waals surface area contributed by atoms with E-state index in [4.69, 9.17) is 26.4 Å². The lowest BCUT2D eigenvalue weighted by atomic mass is 9.97. The van der Waals surface area contributed by atoms with Gasteiger partial charge < -0.3 is 19.3 Å². The van der Waals surface area contributed by atoms with Crippen molar-refractivity contribution >= 4 is 46.3 Å². The molecule has 0 bridgehead atoms. The van der Waals surface area contributed by atoms with Crippen molar-refractivity contribution in [3.8, 4) is 28.4 Å². The second-order valence-corrected chi connectivity index (χ2v) is 13.3. The van der Waals surface area contributed by atoms with Crippen LogP contribution in [0.1, 0.15) is 46.3 Å². The molecule has 2 fully saturated rings. The average Bonchev–Trinajstić information content (AvgIpc) is 3.69. The first-order valence-electron chi connectivity index (χ1n) is 15.7. The fraction of sp³-hybridized carbons (Fsp3) is 0.343. The number of aromatic carboxylic acids is 1. The molecule has 8 nitrogen and oxygen atoms in total. The molecule has 0 unspecified atom stereocenters. The van der Waals surface area contributed by atoms with E-state index in [0.29, 0.717) is 36.6 Å². The third-order valence-corrected chi connectivity index (χ3v) is 9.53. The summed E-state index contributed by atoms with van der Waals surface area (Å²) in [5, 5.41) is 9.19. The van der Waals surface area contributed by atoms with Crippen LogP contribution in [0.25, 0.3) is 17.2 Å². The number of methoxy groups -OCH3 is 1. The maximum Gasteiger partial charge on any atom is 0.416 e. The van der Waals surface area contributed by atoms with Gasteiger partial charge >= 0.3 is 18.3 Å². The second kappa shape index (κ2) is 15.9. The molecule has 0 spiro atoms. The minimum Gasteiger partial charge on any atom is -0.493 e. The molecular weight excluding hydrogens is 723 g/mol. The number of carbonyl (C=O) groups excluding carboxylic acids is 1. The number of likely N-dealkylation sites (tertiary alicyclic amines) is 1. The summed E-state index contributed by atoms with van der Waals surface area (Å²) in [6, 6.07) is 9.78. The normalized spacial score (nSPS) is 16.3. The molecule has 1 N–H and O–H groups in total. The fourth-order valence-electron chi connectivity index (χ4n) is 5.54. The lowest BCUT2D eigenvalue weighted by Gasteiger charge is -2.18. The van der Waals surface area contributed by atoms with Crippen molar-refractivity contribution in [2.45, 2.75) is 31.6 Å². The number of hydrogen-bond donors (Lipinski definition) is 1. The monoisotopic (exact) mass is 754 g/mol. The Morgan fingerprint density at radius 1 is 0.863 bits per heavy atom. The predicted molar refractivity (Wildman–Crippen MR) is 183 cm³/mol. The van der Waals surface area contributed by atoms with Crippen molar-refractivity contribution in [2.24, 2.45) is 0 Å². The lowest BCUT2D eigenvalue weighted by molar-refractivity contribution is -0.143. The molecule has 2 aliphatic rings. The van der Waals surface area contributed by atoms with Gasteiger partial charge in [0.15, 0.2) is 11.5 Å². The topological polar surface area (TPSA) is 88.5 Å². The number of benzene rings is 3. The van der Waals surface area contributed by atoms with E-state index in [0.717, 1.165) is 37.7 Å². The highest BCUT2D eigenvalue weighted by Gasteiger charge is 2.37. The summed E-state index contributed by atoms with van der Waals surface area (Å²) in [4.78, 5) is 28.5. The molecular formula is C35H32F6N2O6S2. The largest absolute Gasteiger partial charge is 0.493 e. The van der Waals surface area contributed by atoms with Crippen molar-refractivity contribution in [1.29, 1.82) is 0 Å². The van der Waals surface area contributed by atoms with Gasteiger partial charge in [0.2, 0.25) is 0 Å². The lowest BCUT2D eigenvalue weighted by Crippen LogP contribution is -2.30. The van der Waals surface area contributed by atoms with Crippen LogP contribution in [0, 0.1) is 0 Å². The molecule has 272 valence electrons. The van der Waals surface area contributed by atoms with Crippen molar-refractivity contribution < 1.29 is 55.2 Å². The van der Waals surface area contributed by atoms with Crippen LogP contribution in [0.5, 0.6) is 17.2 Å². The van der Waals surface area contributed by atoms with Crippen LogP contribution < -0.4 is 14.2 Å².